The maximum Gasteiger partial charge on any atom is 0.119 e. The Balaban J connectivity index is 1.95. The fourth-order valence-electron chi connectivity index (χ4n) is 3.62. The molecule has 0 bridgehead atoms. The molecular weight excluding hydrogens is 302 g/mol. The van der Waals surface area contributed by atoms with Crippen LogP contribution in [0.15, 0.2) is 36.4 Å². The minimum absolute atomic E-state index is 0.0499. The van der Waals surface area contributed by atoms with Gasteiger partial charge in [-0.2, -0.15) is 0 Å². The summed E-state index contributed by atoms with van der Waals surface area (Å²) in [6.07, 6.45) is 1.89. The molecule has 0 unspecified atom stereocenters. The summed E-state index contributed by atoms with van der Waals surface area (Å²) in [5, 5.41) is 12.1. The Labute approximate surface area is 143 Å². The molecule has 0 saturated carbocycles. The molecule has 4 heteroatoms. The number of hydrogen-bond acceptors (Lipinski definition) is 3. The van der Waals surface area contributed by atoms with E-state index >= 15 is 0 Å². The number of quaternary nitrogens is 1. The van der Waals surface area contributed by atoms with Crippen molar-refractivity contribution in [1.29, 1.82) is 0 Å². The van der Waals surface area contributed by atoms with Crippen molar-refractivity contribution in [1.82, 2.24) is 0 Å². The molecule has 1 aliphatic rings. The van der Waals surface area contributed by atoms with E-state index in [2.05, 4.69) is 26.2 Å². The van der Waals surface area contributed by atoms with Crippen LogP contribution in [-0.2, 0) is 12.8 Å². The summed E-state index contributed by atoms with van der Waals surface area (Å²) in [6.45, 7) is 1.07. The van der Waals surface area contributed by atoms with Crippen molar-refractivity contribution in [2.24, 2.45) is 0 Å². The summed E-state index contributed by atoms with van der Waals surface area (Å²) in [7, 11) is 7.76. The van der Waals surface area contributed by atoms with Crippen molar-refractivity contribution in [3.63, 3.8) is 0 Å². The minimum atomic E-state index is -0.0499. The van der Waals surface area contributed by atoms with Gasteiger partial charge in [0.25, 0.3) is 0 Å². The van der Waals surface area contributed by atoms with E-state index in [1.807, 2.05) is 12.1 Å². The van der Waals surface area contributed by atoms with Crippen molar-refractivity contribution in [2.45, 2.75) is 18.9 Å². The van der Waals surface area contributed by atoms with Crippen molar-refractivity contribution < 1.29 is 19.1 Å². The maximum atomic E-state index is 12.1. The molecule has 0 aromatic heterocycles. The molecule has 4 nitrogen and oxygen atoms in total. The molecule has 2 aromatic carbocycles. The van der Waals surface area contributed by atoms with Gasteiger partial charge in [-0.1, -0.05) is 17.9 Å². The first kappa shape index (κ1) is 16.7. The zero-order valence-corrected chi connectivity index (χ0v) is 14.8. The van der Waals surface area contributed by atoms with Crippen LogP contribution in [0.1, 0.15) is 22.7 Å². The normalized spacial score (nSPS) is 18.8. The lowest BCUT2D eigenvalue weighted by atomic mass is 9.87. The molecule has 2 aromatic rings. The maximum absolute atomic E-state index is 12.1. The van der Waals surface area contributed by atoms with Gasteiger partial charge >= 0.3 is 0 Å². The first-order chi connectivity index (χ1) is 11.4. The average Bonchev–Trinajstić information content (AvgIpc) is 2.57. The van der Waals surface area contributed by atoms with Gasteiger partial charge in [0.2, 0.25) is 0 Å². The highest BCUT2D eigenvalue weighted by Gasteiger charge is 2.35. The molecule has 0 N–H and O–H groups in total. The van der Waals surface area contributed by atoms with Gasteiger partial charge in [0.15, 0.2) is 0 Å². The van der Waals surface area contributed by atoms with Crippen LogP contribution in [0, 0.1) is 0 Å². The molecule has 24 heavy (non-hydrogen) atoms. The lowest BCUT2D eigenvalue weighted by molar-refractivity contribution is -0.923. The molecule has 0 fully saturated rings. The molecule has 0 spiro atoms. The number of hydrogen-bond donors (Lipinski definition) is 0. The summed E-state index contributed by atoms with van der Waals surface area (Å²) in [4.78, 5) is 0. The molecule has 1 heterocycles. The third-order valence-corrected chi connectivity index (χ3v) is 5.17. The highest BCUT2D eigenvalue weighted by atomic mass is 16.5. The van der Waals surface area contributed by atoms with Gasteiger partial charge in [0.05, 0.1) is 34.9 Å². The van der Waals surface area contributed by atoms with Gasteiger partial charge in [-0.15, -0.1) is 0 Å². The lowest BCUT2D eigenvalue weighted by Crippen LogP contribution is -2.48. The third kappa shape index (κ3) is 3.06. The van der Waals surface area contributed by atoms with E-state index in [0.717, 1.165) is 35.2 Å². The Morgan fingerprint density at radius 2 is 1.88 bits per heavy atom. The van der Waals surface area contributed by atoms with Gasteiger partial charge in [0.1, 0.15) is 17.5 Å². The van der Waals surface area contributed by atoms with Crippen molar-refractivity contribution in [3.8, 4) is 17.2 Å². The Morgan fingerprint density at radius 1 is 1.08 bits per heavy atom. The molecule has 0 saturated heterocycles. The lowest BCUT2D eigenvalue weighted by Gasteiger charge is -2.43. The predicted molar refractivity (Wildman–Crippen MR) is 92.6 cm³/mol. The summed E-state index contributed by atoms with van der Waals surface area (Å²) in [5.74, 6) is 1.26. The third-order valence-electron chi connectivity index (χ3n) is 5.17. The highest BCUT2D eigenvalue weighted by Crippen LogP contribution is 2.38. The molecule has 3 rings (SSSR count). The number of methoxy groups -OCH3 is 2. The first-order valence-electron chi connectivity index (χ1n) is 8.28. The minimum Gasteiger partial charge on any atom is -0.870 e. The van der Waals surface area contributed by atoms with Crippen LogP contribution in [0.2, 0.25) is 0 Å². The van der Waals surface area contributed by atoms with Crippen LogP contribution in [-0.4, -0.2) is 39.3 Å². The number of likely N-dealkylation sites (N-methyl/N-ethyl adjacent to an activating group) is 1. The number of ether oxygens (including phenoxy) is 2. The summed E-state index contributed by atoms with van der Waals surface area (Å²) >= 11 is 0. The molecule has 0 aliphatic carbocycles. The Hall–Kier alpha value is -2.20. The average molecular weight is 327 g/mol. The second-order valence-corrected chi connectivity index (χ2v) is 7.02. The van der Waals surface area contributed by atoms with Crippen LogP contribution >= 0.6 is 0 Å². The largest absolute Gasteiger partial charge is 0.870 e. The Kier molecular flexibility index (Phi) is 4.41. The summed E-state index contributed by atoms with van der Waals surface area (Å²) in [6, 6.07) is 12.2. The van der Waals surface area contributed by atoms with Crippen molar-refractivity contribution in [3.05, 3.63) is 53.1 Å². The number of rotatable bonds is 4. The predicted octanol–water partition coefficient (Wildman–Crippen LogP) is 2.69. The fraction of sp³-hybridized carbons (Fsp3) is 0.400. The van der Waals surface area contributed by atoms with Crippen LogP contribution in [0.25, 0.3) is 0 Å². The first-order valence-corrected chi connectivity index (χ1v) is 8.28. The van der Waals surface area contributed by atoms with Crippen LogP contribution in [0.4, 0.5) is 0 Å². The Morgan fingerprint density at radius 3 is 2.54 bits per heavy atom. The van der Waals surface area contributed by atoms with E-state index in [9.17, 15) is 5.11 Å². The Bertz CT molecular complexity index is 740. The van der Waals surface area contributed by atoms with E-state index in [-0.39, 0.29) is 5.75 Å². The van der Waals surface area contributed by atoms with E-state index in [1.54, 1.807) is 19.2 Å². The number of benzene rings is 2. The summed E-state index contributed by atoms with van der Waals surface area (Å²) in [5.41, 5.74) is 3.77. The van der Waals surface area contributed by atoms with Crippen LogP contribution in [0.3, 0.4) is 0 Å². The zero-order chi connectivity index (χ0) is 17.3. The van der Waals surface area contributed by atoms with Gasteiger partial charge in [-0.05, 0) is 35.4 Å². The topological polar surface area (TPSA) is 41.5 Å². The smallest absolute Gasteiger partial charge is 0.119 e. The zero-order valence-electron chi connectivity index (χ0n) is 14.8. The van der Waals surface area contributed by atoms with E-state index in [1.165, 1.54) is 18.2 Å². The number of fused-ring (bicyclic) bond motifs is 1. The van der Waals surface area contributed by atoms with Gasteiger partial charge in [-0.25, -0.2) is 0 Å². The molecule has 1 aliphatic heterocycles. The summed E-state index contributed by atoms with van der Waals surface area (Å²) < 4.78 is 11.4. The van der Waals surface area contributed by atoms with Crippen molar-refractivity contribution >= 4 is 0 Å². The SMILES string of the molecule is COc1ccc2c(c1)CC[N+](C)(C)[C@H]2Cc1ccc(OC)c([O-])c1. The second-order valence-electron chi connectivity index (χ2n) is 7.02. The van der Waals surface area contributed by atoms with Crippen molar-refractivity contribution in [2.75, 3.05) is 34.9 Å². The van der Waals surface area contributed by atoms with Gasteiger partial charge < -0.3 is 19.1 Å². The number of nitrogens with zero attached hydrogens (tertiary/aromatic N) is 1. The van der Waals surface area contributed by atoms with Crippen LogP contribution in [0.5, 0.6) is 17.2 Å². The van der Waals surface area contributed by atoms with E-state index in [0.29, 0.717) is 11.8 Å². The van der Waals surface area contributed by atoms with Gasteiger partial charge in [0, 0.05) is 18.4 Å². The molecule has 0 amide bonds. The molecule has 1 atom stereocenters. The molecule has 128 valence electrons. The second kappa shape index (κ2) is 6.36. The van der Waals surface area contributed by atoms with Crippen LogP contribution < -0.4 is 14.6 Å². The van der Waals surface area contributed by atoms with E-state index < -0.39 is 0 Å². The standard InChI is InChI=1S/C20H25NO3/c1-21(2)10-9-15-13-16(23-3)6-7-17(15)18(21)11-14-5-8-20(24-4)19(22)12-14/h5-8,12-13,18H,9-11H2,1-4H3/t18-/m0/s1. The molecule has 0 radical (unpaired) electrons. The quantitative estimate of drug-likeness (QED) is 0.811. The monoisotopic (exact) mass is 327 g/mol. The molecular formula is C20H25NO3. The highest BCUT2D eigenvalue weighted by molar-refractivity contribution is 5.42. The fourth-order valence-corrected chi connectivity index (χ4v) is 3.62. The van der Waals surface area contributed by atoms with E-state index in [4.69, 9.17) is 9.47 Å². The van der Waals surface area contributed by atoms with Gasteiger partial charge in [-0.3, -0.25) is 0 Å².